The summed E-state index contributed by atoms with van der Waals surface area (Å²) >= 11 is 0. The number of hydrogen-bond donors (Lipinski definition) is 2. The van der Waals surface area contributed by atoms with Crippen molar-refractivity contribution in [3.8, 4) is 11.3 Å². The third-order valence-electron chi connectivity index (χ3n) is 6.35. The number of halogens is 4. The first kappa shape index (κ1) is 20.5. The van der Waals surface area contributed by atoms with Crippen LogP contribution in [0.25, 0.3) is 22.3 Å². The van der Waals surface area contributed by atoms with Gasteiger partial charge >= 0.3 is 12.1 Å². The molecule has 0 radical (unpaired) electrons. The maximum Gasteiger partial charge on any atom is 0.418 e. The maximum atomic E-state index is 14.8. The van der Waals surface area contributed by atoms with Gasteiger partial charge in [0.2, 0.25) is 0 Å². The summed E-state index contributed by atoms with van der Waals surface area (Å²) in [4.78, 5) is 30.6. The van der Waals surface area contributed by atoms with E-state index in [2.05, 4.69) is 24.9 Å². The number of aliphatic imine (C=N–C) groups is 1. The van der Waals surface area contributed by atoms with Crippen LogP contribution < -0.4 is 0 Å². The molecule has 3 saturated carbocycles. The van der Waals surface area contributed by atoms with E-state index in [1.54, 1.807) is 0 Å². The Morgan fingerprint density at radius 1 is 1.22 bits per heavy atom. The van der Waals surface area contributed by atoms with Crippen molar-refractivity contribution in [2.24, 2.45) is 22.7 Å². The summed E-state index contributed by atoms with van der Waals surface area (Å²) in [6, 6.07) is 0.362. The summed E-state index contributed by atoms with van der Waals surface area (Å²) in [5.41, 5.74) is -1.14. The number of H-pyrrole nitrogens is 1. The number of aliphatic carboxylic acids is 1. The quantitative estimate of drug-likeness (QED) is 0.563. The zero-order chi connectivity index (χ0) is 22.6. The SMILES string of the molecule is O=C(O)[C@@H]1/C(=N/c2nc(-c3c[nH]c4ncncc34)c(C(F)(F)F)cc2F)C2CCC1CC2. The molecule has 0 unspecified atom stereocenters. The molecule has 3 aromatic heterocycles. The minimum absolute atomic E-state index is 0.0503. The van der Waals surface area contributed by atoms with Gasteiger partial charge in [-0.05, 0) is 43.6 Å². The van der Waals surface area contributed by atoms with Crippen molar-refractivity contribution in [3.05, 3.63) is 36.2 Å². The second-order valence-corrected chi connectivity index (χ2v) is 8.14. The predicted molar refractivity (Wildman–Crippen MR) is 106 cm³/mol. The van der Waals surface area contributed by atoms with E-state index in [-0.39, 0.29) is 22.8 Å². The molecule has 2 bridgehead atoms. The molecule has 3 aliphatic carbocycles. The van der Waals surface area contributed by atoms with Crippen LogP contribution in [0.2, 0.25) is 0 Å². The molecule has 7 nitrogen and oxygen atoms in total. The Bertz CT molecular complexity index is 1240. The lowest BCUT2D eigenvalue weighted by atomic mass is 9.63. The van der Waals surface area contributed by atoms with E-state index in [9.17, 15) is 27.5 Å². The number of carboxylic acid groups (broad SMARTS) is 1. The number of carboxylic acids is 1. The van der Waals surface area contributed by atoms with Crippen LogP contribution in [0.5, 0.6) is 0 Å². The van der Waals surface area contributed by atoms with Crippen LogP contribution in [-0.4, -0.2) is 36.7 Å². The molecule has 3 aromatic rings. The van der Waals surface area contributed by atoms with Crippen LogP contribution in [0.3, 0.4) is 0 Å². The van der Waals surface area contributed by atoms with E-state index in [0.29, 0.717) is 17.4 Å². The highest BCUT2D eigenvalue weighted by atomic mass is 19.4. The normalized spacial score (nSPS) is 24.4. The van der Waals surface area contributed by atoms with Crippen LogP contribution in [0.4, 0.5) is 23.4 Å². The fraction of sp³-hybridized carbons (Fsp3) is 0.381. The number of fused-ring (bicyclic) bond motifs is 4. The third kappa shape index (κ3) is 3.32. The molecule has 2 N–H and O–H groups in total. The lowest BCUT2D eigenvalue weighted by Crippen LogP contribution is -2.44. The van der Waals surface area contributed by atoms with Gasteiger partial charge in [0, 0.05) is 29.1 Å². The fourth-order valence-electron chi connectivity index (χ4n) is 4.89. The molecule has 1 atom stereocenters. The molecule has 3 fully saturated rings. The molecule has 11 heteroatoms. The Balaban J connectivity index is 1.70. The molecule has 0 saturated heterocycles. The van der Waals surface area contributed by atoms with Crippen molar-refractivity contribution in [1.29, 1.82) is 0 Å². The van der Waals surface area contributed by atoms with Crippen molar-refractivity contribution in [3.63, 3.8) is 0 Å². The lowest BCUT2D eigenvalue weighted by molar-refractivity contribution is -0.142. The summed E-state index contributed by atoms with van der Waals surface area (Å²) in [5, 5.41) is 9.98. The van der Waals surface area contributed by atoms with E-state index >= 15 is 0 Å². The van der Waals surface area contributed by atoms with Gasteiger partial charge in [0.1, 0.15) is 12.0 Å². The first-order chi connectivity index (χ1) is 15.2. The summed E-state index contributed by atoms with van der Waals surface area (Å²) in [6.07, 6.45) is 1.94. The molecule has 3 aliphatic rings. The van der Waals surface area contributed by atoms with Crippen molar-refractivity contribution in [1.82, 2.24) is 19.9 Å². The van der Waals surface area contributed by atoms with E-state index in [1.807, 2.05) is 0 Å². The topological polar surface area (TPSA) is 104 Å². The Morgan fingerprint density at radius 2 is 1.97 bits per heavy atom. The number of nitrogens with one attached hydrogen (secondary N) is 1. The first-order valence-electron chi connectivity index (χ1n) is 10.1. The molecular weight excluding hydrogens is 430 g/mol. The monoisotopic (exact) mass is 447 g/mol. The van der Waals surface area contributed by atoms with Crippen LogP contribution in [-0.2, 0) is 11.0 Å². The van der Waals surface area contributed by atoms with Gasteiger partial charge in [0.25, 0.3) is 0 Å². The number of aromatic nitrogens is 4. The smallest absolute Gasteiger partial charge is 0.418 e. The molecule has 0 aromatic carbocycles. The standard InChI is InChI=1S/C21H17F4N5O2/c22-14-5-13(21(23,24)25)17(11-7-27-18-12(11)6-26-8-28-18)30-19(14)29-16-10-3-1-9(2-4-10)15(16)20(31)32/h5-10,15H,1-4H2,(H,31,32)(H,26,27,28)/b29-16+/t9?,10?,15-/m0/s1. The summed E-state index contributed by atoms with van der Waals surface area (Å²) in [7, 11) is 0. The van der Waals surface area contributed by atoms with Crippen molar-refractivity contribution in [2.45, 2.75) is 31.9 Å². The zero-order valence-corrected chi connectivity index (χ0v) is 16.5. The molecular formula is C21H17F4N5O2. The van der Waals surface area contributed by atoms with E-state index in [4.69, 9.17) is 0 Å². The maximum absolute atomic E-state index is 14.8. The van der Waals surface area contributed by atoms with Gasteiger partial charge in [-0.3, -0.25) is 4.79 Å². The minimum atomic E-state index is -4.87. The number of alkyl halides is 3. The predicted octanol–water partition coefficient (Wildman–Crippen LogP) is 4.77. The largest absolute Gasteiger partial charge is 0.481 e. The Labute approximate surface area is 178 Å². The zero-order valence-electron chi connectivity index (χ0n) is 16.5. The van der Waals surface area contributed by atoms with Crippen molar-refractivity contribution >= 4 is 28.5 Å². The highest BCUT2D eigenvalue weighted by Gasteiger charge is 2.45. The molecule has 6 rings (SSSR count). The van der Waals surface area contributed by atoms with Gasteiger partial charge in [-0.15, -0.1) is 0 Å². The number of aromatic amines is 1. The number of pyridine rings is 1. The van der Waals surface area contributed by atoms with Crippen LogP contribution in [0.1, 0.15) is 31.2 Å². The first-order valence-corrected chi connectivity index (χ1v) is 10.1. The third-order valence-corrected chi connectivity index (χ3v) is 6.35. The Hall–Kier alpha value is -3.37. The van der Waals surface area contributed by atoms with Crippen LogP contribution >= 0.6 is 0 Å². The van der Waals surface area contributed by atoms with Gasteiger partial charge in [-0.2, -0.15) is 13.2 Å². The van der Waals surface area contributed by atoms with Crippen LogP contribution in [0, 0.1) is 23.6 Å². The molecule has 0 spiro atoms. The number of rotatable bonds is 3. The summed E-state index contributed by atoms with van der Waals surface area (Å²) in [6.45, 7) is 0. The van der Waals surface area contributed by atoms with Gasteiger partial charge in [0.15, 0.2) is 11.6 Å². The molecule has 3 heterocycles. The Kier molecular flexibility index (Phi) is 4.72. The second-order valence-electron chi connectivity index (χ2n) is 8.14. The summed E-state index contributed by atoms with van der Waals surface area (Å²) in [5.74, 6) is -3.99. The van der Waals surface area contributed by atoms with E-state index in [0.717, 1.165) is 25.7 Å². The van der Waals surface area contributed by atoms with Gasteiger partial charge < -0.3 is 10.1 Å². The molecule has 32 heavy (non-hydrogen) atoms. The lowest BCUT2D eigenvalue weighted by Gasteiger charge is -2.41. The highest BCUT2D eigenvalue weighted by Crippen LogP contribution is 2.45. The highest BCUT2D eigenvalue weighted by molar-refractivity contribution is 6.05. The number of hydrogen-bond acceptors (Lipinski definition) is 5. The number of nitrogens with zero attached hydrogens (tertiary/aromatic N) is 4. The van der Waals surface area contributed by atoms with Gasteiger partial charge in [0.05, 0.1) is 17.2 Å². The van der Waals surface area contributed by atoms with Crippen LogP contribution in [0.15, 0.2) is 29.8 Å². The Morgan fingerprint density at radius 3 is 2.66 bits per heavy atom. The average Bonchev–Trinajstić information content (AvgIpc) is 3.19. The average molecular weight is 447 g/mol. The van der Waals surface area contributed by atoms with E-state index < -0.39 is 41.0 Å². The van der Waals surface area contributed by atoms with E-state index in [1.165, 1.54) is 18.7 Å². The molecule has 0 amide bonds. The van der Waals surface area contributed by atoms with Gasteiger partial charge in [-0.25, -0.2) is 24.3 Å². The van der Waals surface area contributed by atoms with Crippen molar-refractivity contribution in [2.75, 3.05) is 0 Å². The molecule has 166 valence electrons. The second kappa shape index (κ2) is 7.35. The summed E-state index contributed by atoms with van der Waals surface area (Å²) < 4.78 is 56.0. The molecule has 0 aliphatic heterocycles. The van der Waals surface area contributed by atoms with Gasteiger partial charge in [-0.1, -0.05) is 0 Å². The number of carbonyl (C=O) groups is 1. The van der Waals surface area contributed by atoms with Crippen molar-refractivity contribution < 1.29 is 27.5 Å². The minimum Gasteiger partial charge on any atom is -0.481 e. The fourth-order valence-corrected chi connectivity index (χ4v) is 4.89.